The van der Waals surface area contributed by atoms with Gasteiger partial charge in [0.05, 0.1) is 16.6 Å². The van der Waals surface area contributed by atoms with E-state index in [0.29, 0.717) is 0 Å². The monoisotopic (exact) mass is 569 g/mol. The number of hydrogen-bond acceptors (Lipinski definition) is 2. The van der Waals surface area contributed by atoms with Crippen LogP contribution in [0.25, 0.3) is 38.1 Å². The maximum atomic E-state index is 2.78. The highest BCUT2D eigenvalue weighted by Crippen LogP contribution is 2.60. The fraction of sp³-hybridized carbons (Fsp3) is 0.250. The van der Waals surface area contributed by atoms with Crippen LogP contribution in [0.3, 0.4) is 0 Å². The first-order chi connectivity index (χ1) is 21.0. The van der Waals surface area contributed by atoms with Gasteiger partial charge in [-0.05, 0) is 74.8 Å². The molecule has 0 bridgehead atoms. The Morgan fingerprint density at radius 2 is 1.20 bits per heavy atom. The molecule has 0 unspecified atom stereocenters. The lowest BCUT2D eigenvalue weighted by molar-refractivity contribution is 0.331. The van der Waals surface area contributed by atoms with E-state index < -0.39 is 0 Å². The number of benzene rings is 5. The molecule has 0 aliphatic carbocycles. The average Bonchev–Trinajstić information content (AvgIpc) is 3.57. The lowest BCUT2D eigenvalue weighted by atomic mass is 9.33. The Morgan fingerprint density at radius 3 is 1.89 bits per heavy atom. The first-order valence-corrected chi connectivity index (χ1v) is 16.1. The van der Waals surface area contributed by atoms with Gasteiger partial charge in [0.2, 0.25) is 0 Å². The van der Waals surface area contributed by atoms with E-state index in [2.05, 4.69) is 154 Å². The van der Waals surface area contributed by atoms with Gasteiger partial charge in [0.25, 0.3) is 6.71 Å². The van der Waals surface area contributed by atoms with E-state index in [9.17, 15) is 0 Å². The van der Waals surface area contributed by atoms with Gasteiger partial charge in [0.1, 0.15) is 0 Å². The van der Waals surface area contributed by atoms with Crippen molar-refractivity contribution in [3.8, 4) is 0 Å². The van der Waals surface area contributed by atoms with E-state index in [0.717, 1.165) is 0 Å². The maximum Gasteiger partial charge on any atom is 0.252 e. The van der Waals surface area contributed by atoms with Crippen molar-refractivity contribution in [3.63, 3.8) is 0 Å². The number of nitrogens with zero attached hydrogens (tertiary/aromatic N) is 3. The molecule has 0 N–H and O–H groups in total. The van der Waals surface area contributed by atoms with Crippen LogP contribution in [0, 0.1) is 0 Å². The summed E-state index contributed by atoms with van der Waals surface area (Å²) in [6.45, 7) is 17.1. The Labute approximate surface area is 259 Å². The Morgan fingerprint density at radius 1 is 0.614 bits per heavy atom. The lowest BCUT2D eigenvalue weighted by Gasteiger charge is -2.51. The Bertz CT molecular complexity index is 2400. The normalized spacial score (nSPS) is 17.7. The fourth-order valence-corrected chi connectivity index (χ4v) is 9.39. The van der Waals surface area contributed by atoms with E-state index in [4.69, 9.17) is 0 Å². The molecule has 0 saturated carbocycles. The molecule has 0 atom stereocenters. The Hall–Kier alpha value is -4.44. The zero-order valence-corrected chi connectivity index (χ0v) is 26.6. The molecule has 2 aromatic heterocycles. The van der Waals surface area contributed by atoms with Gasteiger partial charge in [0.15, 0.2) is 0 Å². The number of fused-ring (bicyclic) bond motifs is 12. The van der Waals surface area contributed by atoms with Crippen LogP contribution in [0.4, 0.5) is 22.7 Å². The SMILES string of the molecule is CC(C)(C)N1c2ccccc2B2c3cccc4c3N(c3c2c1c1c2ccccc2n2c5ccccc5c3c12)C(C)(C)C4(C)C. The molecule has 4 heteroatoms. The lowest BCUT2D eigenvalue weighted by Crippen LogP contribution is -2.65. The third-order valence-electron chi connectivity index (χ3n) is 11.8. The Kier molecular flexibility index (Phi) is 4.21. The van der Waals surface area contributed by atoms with Crippen LogP contribution < -0.4 is 26.2 Å². The number of para-hydroxylation sites is 4. The van der Waals surface area contributed by atoms with Gasteiger partial charge >= 0.3 is 0 Å². The third kappa shape index (κ3) is 2.51. The second kappa shape index (κ2) is 7.43. The van der Waals surface area contributed by atoms with Gasteiger partial charge < -0.3 is 14.2 Å². The van der Waals surface area contributed by atoms with Crippen molar-refractivity contribution in [2.75, 3.05) is 9.80 Å². The van der Waals surface area contributed by atoms with Gasteiger partial charge in [-0.1, -0.05) is 86.6 Å². The summed E-state index contributed by atoms with van der Waals surface area (Å²) in [5, 5.41) is 5.47. The second-order valence-electron chi connectivity index (χ2n) is 15.3. The minimum absolute atomic E-state index is 0.0472. The summed E-state index contributed by atoms with van der Waals surface area (Å²) in [4.78, 5) is 5.46. The molecule has 3 aliphatic rings. The quantitative estimate of drug-likeness (QED) is 0.171. The van der Waals surface area contributed by atoms with E-state index in [1.165, 1.54) is 82.8 Å². The number of aromatic nitrogens is 1. The van der Waals surface area contributed by atoms with E-state index >= 15 is 0 Å². The van der Waals surface area contributed by atoms with Crippen molar-refractivity contribution in [3.05, 3.63) is 96.6 Å². The number of rotatable bonds is 0. The van der Waals surface area contributed by atoms with Crippen LogP contribution in [0.15, 0.2) is 91.0 Å². The molecule has 10 rings (SSSR count). The molecule has 3 aliphatic heterocycles. The predicted molar refractivity (Wildman–Crippen MR) is 190 cm³/mol. The van der Waals surface area contributed by atoms with E-state index in [1.807, 2.05) is 0 Å². The highest BCUT2D eigenvalue weighted by Gasteiger charge is 2.58. The molecule has 0 amide bonds. The second-order valence-corrected chi connectivity index (χ2v) is 15.3. The highest BCUT2D eigenvalue weighted by molar-refractivity contribution is 7.01. The van der Waals surface area contributed by atoms with Gasteiger partial charge in [-0.25, -0.2) is 0 Å². The highest BCUT2D eigenvalue weighted by atomic mass is 15.3. The topological polar surface area (TPSA) is 10.9 Å². The van der Waals surface area contributed by atoms with Gasteiger partial charge in [-0.15, -0.1) is 0 Å². The summed E-state index contributed by atoms with van der Waals surface area (Å²) in [5.41, 5.74) is 14.9. The minimum atomic E-state index is -0.147. The van der Waals surface area contributed by atoms with Crippen molar-refractivity contribution in [2.24, 2.45) is 0 Å². The van der Waals surface area contributed by atoms with E-state index in [-0.39, 0.29) is 23.2 Å². The Balaban J connectivity index is 1.56. The van der Waals surface area contributed by atoms with Crippen LogP contribution >= 0.6 is 0 Å². The zero-order valence-electron chi connectivity index (χ0n) is 26.6. The van der Waals surface area contributed by atoms with Crippen molar-refractivity contribution in [2.45, 2.75) is 65.0 Å². The molecule has 44 heavy (non-hydrogen) atoms. The molecule has 0 radical (unpaired) electrons. The summed E-state index contributed by atoms with van der Waals surface area (Å²) in [7, 11) is 0. The van der Waals surface area contributed by atoms with Crippen LogP contribution in [0.1, 0.15) is 54.0 Å². The molecule has 214 valence electrons. The molecular formula is C40H36BN3. The number of anilines is 4. The van der Waals surface area contributed by atoms with Gasteiger partial charge in [-0.3, -0.25) is 0 Å². The molecule has 5 heterocycles. The summed E-state index contributed by atoms with van der Waals surface area (Å²) in [5.74, 6) is 0. The smallest absolute Gasteiger partial charge is 0.252 e. The largest absolute Gasteiger partial charge is 0.336 e. The molecular weight excluding hydrogens is 533 g/mol. The minimum Gasteiger partial charge on any atom is -0.336 e. The molecule has 0 spiro atoms. The summed E-state index contributed by atoms with van der Waals surface area (Å²) in [6, 6.07) is 34.5. The standard InChI is InChI=1S/C40H36BN3/c1-38(2,3)43-30-22-13-10-18-26(30)41-27-19-14-17-25-34(27)44(40(6,7)39(25,4)5)37-32-24-16-9-12-21-29(24)42-28-20-11-8-15-23(28)31(35(32)42)36(43)33(37)41/h8-22H,1-7H3. The third-order valence-corrected chi connectivity index (χ3v) is 11.8. The number of hydrogen-bond donors (Lipinski definition) is 0. The maximum absolute atomic E-state index is 2.78. The van der Waals surface area contributed by atoms with Crippen LogP contribution in [0.5, 0.6) is 0 Å². The van der Waals surface area contributed by atoms with Gasteiger partial charge in [0, 0.05) is 60.8 Å². The molecule has 0 fully saturated rings. The molecule has 0 saturated heterocycles. The van der Waals surface area contributed by atoms with Crippen LogP contribution in [-0.2, 0) is 5.41 Å². The van der Waals surface area contributed by atoms with Crippen molar-refractivity contribution >= 4 is 83.9 Å². The first-order valence-electron chi connectivity index (χ1n) is 16.1. The molecule has 3 nitrogen and oxygen atoms in total. The average molecular weight is 570 g/mol. The first kappa shape index (κ1) is 24.9. The van der Waals surface area contributed by atoms with Crippen LogP contribution in [0.2, 0.25) is 0 Å². The molecule has 5 aromatic carbocycles. The van der Waals surface area contributed by atoms with E-state index in [1.54, 1.807) is 0 Å². The van der Waals surface area contributed by atoms with Crippen LogP contribution in [-0.4, -0.2) is 22.2 Å². The summed E-state index contributed by atoms with van der Waals surface area (Å²) < 4.78 is 2.57. The van der Waals surface area contributed by atoms with Gasteiger partial charge in [-0.2, -0.15) is 0 Å². The van der Waals surface area contributed by atoms with Crippen molar-refractivity contribution in [1.29, 1.82) is 0 Å². The summed E-state index contributed by atoms with van der Waals surface area (Å²) >= 11 is 0. The summed E-state index contributed by atoms with van der Waals surface area (Å²) in [6.07, 6.45) is 0. The predicted octanol–water partition coefficient (Wildman–Crippen LogP) is 8.12. The van der Waals surface area contributed by atoms with Crippen molar-refractivity contribution in [1.82, 2.24) is 4.40 Å². The fourth-order valence-electron chi connectivity index (χ4n) is 9.39. The zero-order chi connectivity index (χ0) is 30.1. The molecule has 7 aromatic rings. The van der Waals surface area contributed by atoms with Crippen molar-refractivity contribution < 1.29 is 0 Å².